The minimum Gasteiger partial charge on any atom is -0.372 e. The van der Waals surface area contributed by atoms with Crippen LogP contribution in [0.4, 0.5) is 5.69 Å². The molecule has 0 aliphatic rings. The Morgan fingerprint density at radius 1 is 0.852 bits per heavy atom. The Kier molecular flexibility index (Phi) is 6.95. The summed E-state index contributed by atoms with van der Waals surface area (Å²) in [6.45, 7) is 6.05. The van der Waals surface area contributed by atoms with E-state index in [1.54, 1.807) is 18.2 Å². The lowest BCUT2D eigenvalue weighted by Crippen LogP contribution is -2.21. The smallest absolute Gasteiger partial charge is 0.138 e. The van der Waals surface area contributed by atoms with Crippen molar-refractivity contribution in [3.8, 4) is 18.2 Å². The molecule has 0 heterocycles. The maximum Gasteiger partial charge on any atom is 0.138 e. The molecule has 0 aromatic heterocycles. The van der Waals surface area contributed by atoms with Crippen LogP contribution in [0.5, 0.6) is 0 Å². The van der Waals surface area contributed by atoms with E-state index in [9.17, 15) is 15.8 Å². The lowest BCUT2D eigenvalue weighted by molar-refractivity contribution is 0.866. The third-order valence-electron chi connectivity index (χ3n) is 4.26. The molecule has 27 heavy (non-hydrogen) atoms. The van der Waals surface area contributed by atoms with Crippen molar-refractivity contribution in [1.82, 2.24) is 0 Å². The Labute approximate surface area is 160 Å². The second-order valence-electron chi connectivity index (χ2n) is 5.77. The molecular formula is C23H20N4. The van der Waals surface area contributed by atoms with Crippen molar-refractivity contribution in [2.24, 2.45) is 0 Å². The topological polar surface area (TPSA) is 74.6 Å². The van der Waals surface area contributed by atoms with Gasteiger partial charge in [0.15, 0.2) is 0 Å². The van der Waals surface area contributed by atoms with E-state index >= 15 is 0 Å². The zero-order valence-corrected chi connectivity index (χ0v) is 15.5. The molecule has 0 unspecified atom stereocenters. The number of hydrogen-bond acceptors (Lipinski definition) is 4. The van der Waals surface area contributed by atoms with Crippen LogP contribution in [0.3, 0.4) is 0 Å². The van der Waals surface area contributed by atoms with E-state index < -0.39 is 0 Å². The minimum absolute atomic E-state index is 0.0752. The van der Waals surface area contributed by atoms with E-state index in [2.05, 4.69) is 24.8 Å². The molecule has 0 N–H and O–H groups in total. The van der Waals surface area contributed by atoms with Crippen LogP contribution in [0.25, 0.3) is 11.6 Å². The van der Waals surface area contributed by atoms with E-state index in [0.717, 1.165) is 24.3 Å². The molecule has 0 aliphatic heterocycles. The maximum atomic E-state index is 9.70. The summed E-state index contributed by atoms with van der Waals surface area (Å²) in [5.74, 6) is 0. The molecule has 0 radical (unpaired) electrons. The molecule has 4 heteroatoms. The molecule has 0 saturated carbocycles. The van der Waals surface area contributed by atoms with Crippen LogP contribution in [-0.2, 0) is 0 Å². The van der Waals surface area contributed by atoms with Crippen LogP contribution in [0.2, 0.25) is 0 Å². The summed E-state index contributed by atoms with van der Waals surface area (Å²) in [4.78, 5) is 2.23. The summed E-state index contributed by atoms with van der Waals surface area (Å²) >= 11 is 0. The van der Waals surface area contributed by atoms with Gasteiger partial charge in [-0.15, -0.1) is 0 Å². The molecule has 0 saturated heterocycles. The monoisotopic (exact) mass is 352 g/mol. The van der Waals surface area contributed by atoms with E-state index in [-0.39, 0.29) is 11.1 Å². The SMILES string of the molecule is CCN(CC)c1ccc(C=C(C#N)C(=C(C#N)C#N)c2ccccc2)cc1. The standard InChI is InChI=1S/C23H20N4/c1-3-27(4-2)22-12-10-18(11-13-22)14-20(15-24)23(21(16-25)17-26)19-8-6-5-7-9-19/h5-14H,3-4H2,1-2H3. The number of allylic oxidation sites excluding steroid dienone is 3. The molecule has 0 atom stereocenters. The van der Waals surface area contributed by atoms with Crippen molar-refractivity contribution >= 4 is 17.3 Å². The van der Waals surface area contributed by atoms with Gasteiger partial charge in [-0.25, -0.2) is 0 Å². The van der Waals surface area contributed by atoms with Gasteiger partial charge in [0.2, 0.25) is 0 Å². The molecule has 132 valence electrons. The van der Waals surface area contributed by atoms with Crippen molar-refractivity contribution in [3.63, 3.8) is 0 Å². The highest BCUT2D eigenvalue weighted by molar-refractivity contribution is 5.93. The van der Waals surface area contributed by atoms with Gasteiger partial charge in [-0.1, -0.05) is 42.5 Å². The molecule has 0 amide bonds. The average Bonchev–Trinajstić information content (AvgIpc) is 2.73. The zero-order valence-electron chi connectivity index (χ0n) is 15.5. The molecule has 0 spiro atoms. The van der Waals surface area contributed by atoms with Crippen molar-refractivity contribution in [2.75, 3.05) is 18.0 Å². The number of benzene rings is 2. The van der Waals surface area contributed by atoms with Gasteiger partial charge in [0.25, 0.3) is 0 Å². The van der Waals surface area contributed by atoms with Gasteiger partial charge in [-0.3, -0.25) is 0 Å². The Morgan fingerprint density at radius 3 is 1.93 bits per heavy atom. The van der Waals surface area contributed by atoms with Gasteiger partial charge >= 0.3 is 0 Å². The van der Waals surface area contributed by atoms with Gasteiger partial charge in [0.1, 0.15) is 17.7 Å². The van der Waals surface area contributed by atoms with Gasteiger partial charge in [-0.05, 0) is 43.2 Å². The van der Waals surface area contributed by atoms with Gasteiger partial charge in [-0.2, -0.15) is 15.8 Å². The molecule has 0 bridgehead atoms. The molecule has 0 aliphatic carbocycles. The number of nitriles is 3. The van der Waals surface area contributed by atoms with Crippen LogP contribution in [0, 0.1) is 34.0 Å². The first kappa shape index (κ1) is 19.5. The fraction of sp³-hybridized carbons (Fsp3) is 0.174. The van der Waals surface area contributed by atoms with E-state index in [1.807, 2.05) is 54.6 Å². The van der Waals surface area contributed by atoms with Crippen molar-refractivity contribution < 1.29 is 0 Å². The first-order valence-corrected chi connectivity index (χ1v) is 8.75. The van der Waals surface area contributed by atoms with Crippen LogP contribution in [0.1, 0.15) is 25.0 Å². The van der Waals surface area contributed by atoms with Crippen LogP contribution in [-0.4, -0.2) is 13.1 Å². The summed E-state index contributed by atoms with van der Waals surface area (Å²) in [6.07, 6.45) is 1.71. The molecule has 2 rings (SSSR count). The Bertz CT molecular complexity index is 942. The molecule has 2 aromatic rings. The molecule has 4 nitrogen and oxygen atoms in total. The summed E-state index contributed by atoms with van der Waals surface area (Å²) in [5.41, 5.74) is 3.19. The maximum absolute atomic E-state index is 9.70. The fourth-order valence-corrected chi connectivity index (χ4v) is 2.87. The third kappa shape index (κ3) is 4.63. The highest BCUT2D eigenvalue weighted by Gasteiger charge is 2.14. The quantitative estimate of drug-likeness (QED) is 0.545. The number of rotatable bonds is 6. The second kappa shape index (κ2) is 9.62. The fourth-order valence-electron chi connectivity index (χ4n) is 2.87. The normalized spacial score (nSPS) is 10.3. The number of anilines is 1. The predicted molar refractivity (Wildman–Crippen MR) is 108 cm³/mol. The Hall–Kier alpha value is -3.81. The van der Waals surface area contributed by atoms with Crippen molar-refractivity contribution in [1.29, 1.82) is 15.8 Å². The first-order valence-electron chi connectivity index (χ1n) is 8.75. The van der Waals surface area contributed by atoms with Gasteiger partial charge in [0, 0.05) is 24.4 Å². The summed E-state index contributed by atoms with van der Waals surface area (Å²) in [6, 6.07) is 22.9. The summed E-state index contributed by atoms with van der Waals surface area (Å²) in [7, 11) is 0. The van der Waals surface area contributed by atoms with Crippen molar-refractivity contribution in [2.45, 2.75) is 13.8 Å². The minimum atomic E-state index is -0.0752. The highest BCUT2D eigenvalue weighted by Crippen LogP contribution is 2.28. The van der Waals surface area contributed by atoms with E-state index in [0.29, 0.717) is 11.1 Å². The van der Waals surface area contributed by atoms with E-state index in [1.165, 1.54) is 0 Å². The van der Waals surface area contributed by atoms with Crippen LogP contribution >= 0.6 is 0 Å². The largest absolute Gasteiger partial charge is 0.372 e. The van der Waals surface area contributed by atoms with Gasteiger partial charge in [0.05, 0.1) is 11.6 Å². The zero-order chi connectivity index (χ0) is 19.6. The molecule has 2 aromatic carbocycles. The molecule has 0 fully saturated rings. The lowest BCUT2D eigenvalue weighted by Gasteiger charge is -2.20. The molecular weight excluding hydrogens is 332 g/mol. The predicted octanol–water partition coefficient (Wildman–Crippen LogP) is 4.94. The summed E-state index contributed by atoms with van der Waals surface area (Å²) in [5, 5.41) is 28.4. The Morgan fingerprint density at radius 2 is 1.44 bits per heavy atom. The van der Waals surface area contributed by atoms with Crippen LogP contribution < -0.4 is 4.90 Å². The second-order valence-corrected chi connectivity index (χ2v) is 5.77. The van der Waals surface area contributed by atoms with Crippen molar-refractivity contribution in [3.05, 3.63) is 76.9 Å². The van der Waals surface area contributed by atoms with Gasteiger partial charge < -0.3 is 4.90 Å². The Balaban J connectivity index is 2.53. The number of nitrogens with zero attached hydrogens (tertiary/aromatic N) is 4. The van der Waals surface area contributed by atoms with E-state index in [4.69, 9.17) is 0 Å². The third-order valence-corrected chi connectivity index (χ3v) is 4.26. The number of hydrogen-bond donors (Lipinski definition) is 0. The summed E-state index contributed by atoms with van der Waals surface area (Å²) < 4.78 is 0. The van der Waals surface area contributed by atoms with Crippen LogP contribution in [0.15, 0.2) is 65.7 Å². The lowest BCUT2D eigenvalue weighted by atomic mass is 9.93. The first-order chi connectivity index (χ1) is 13.2. The average molecular weight is 352 g/mol. The highest BCUT2D eigenvalue weighted by atomic mass is 15.1.